The molecule has 4 N–H and O–H groups in total. The Labute approximate surface area is 106 Å². The molecule has 0 saturated heterocycles. The largest absolute Gasteiger partial charge is 0.507 e. The number of nitrogens with zero attached hydrogens (tertiary/aromatic N) is 1. The van der Waals surface area contributed by atoms with Crippen LogP contribution in [0.3, 0.4) is 0 Å². The van der Waals surface area contributed by atoms with Crippen LogP contribution in [0.25, 0.3) is 10.6 Å². The molecular formula is C9H8N2O5S2. The Morgan fingerprint density at radius 2 is 2.00 bits per heavy atom. The third-order valence-electron chi connectivity index (χ3n) is 2.04. The van der Waals surface area contributed by atoms with Crippen LogP contribution in [-0.2, 0) is 10.3 Å². The zero-order valence-electron chi connectivity index (χ0n) is 8.73. The molecule has 18 heavy (non-hydrogen) atoms. The van der Waals surface area contributed by atoms with E-state index in [-0.39, 0.29) is 17.0 Å². The molecule has 1 aromatic carbocycles. The highest BCUT2D eigenvalue weighted by Gasteiger charge is 2.18. The molecule has 0 amide bonds. The van der Waals surface area contributed by atoms with E-state index in [4.69, 9.17) is 4.55 Å². The summed E-state index contributed by atoms with van der Waals surface area (Å²) in [6.07, 6.45) is 1.47. The molecule has 1 heterocycles. The number of thiazole rings is 1. The molecule has 7 nitrogen and oxygen atoms in total. The standard InChI is InChI=1S/C9H8N2O5S2/c12-6-2-1-5(11-18(14,15)16)8(13)7(6)9-10-3-4-17-9/h1-4,11-13H,(H,14,15,16). The molecule has 0 atom stereocenters. The summed E-state index contributed by atoms with van der Waals surface area (Å²) in [5.41, 5.74) is -0.251. The first-order valence-corrected chi connectivity index (χ1v) is 6.90. The molecule has 0 aliphatic carbocycles. The Morgan fingerprint density at radius 3 is 2.56 bits per heavy atom. The van der Waals surface area contributed by atoms with E-state index in [0.717, 1.165) is 17.4 Å². The monoisotopic (exact) mass is 288 g/mol. The highest BCUT2D eigenvalue weighted by Crippen LogP contribution is 2.42. The number of nitrogens with one attached hydrogen (secondary N) is 1. The predicted octanol–water partition coefficient (Wildman–Crippen LogP) is 1.44. The summed E-state index contributed by atoms with van der Waals surface area (Å²) in [4.78, 5) is 3.90. The van der Waals surface area contributed by atoms with Gasteiger partial charge < -0.3 is 10.2 Å². The van der Waals surface area contributed by atoms with Gasteiger partial charge in [-0.1, -0.05) is 0 Å². The number of hydrogen-bond acceptors (Lipinski definition) is 6. The smallest absolute Gasteiger partial charge is 0.357 e. The molecule has 0 aliphatic heterocycles. The SMILES string of the molecule is O=S(=O)(O)Nc1ccc(O)c(-c2nccs2)c1O. The number of rotatable bonds is 3. The van der Waals surface area contributed by atoms with Crippen molar-refractivity contribution >= 4 is 27.3 Å². The normalized spacial score (nSPS) is 11.4. The summed E-state index contributed by atoms with van der Waals surface area (Å²) in [6, 6.07) is 2.31. The van der Waals surface area contributed by atoms with Crippen molar-refractivity contribution in [1.29, 1.82) is 0 Å². The van der Waals surface area contributed by atoms with E-state index < -0.39 is 16.1 Å². The van der Waals surface area contributed by atoms with Crippen LogP contribution in [0, 0.1) is 0 Å². The third-order valence-corrected chi connectivity index (χ3v) is 3.31. The molecule has 2 rings (SSSR count). The first-order chi connectivity index (χ1) is 8.38. The van der Waals surface area contributed by atoms with E-state index in [2.05, 4.69) is 4.98 Å². The fourth-order valence-electron chi connectivity index (χ4n) is 1.36. The maximum Gasteiger partial charge on any atom is 0.357 e. The summed E-state index contributed by atoms with van der Waals surface area (Å²) in [6.45, 7) is 0. The fourth-order valence-corrected chi connectivity index (χ4v) is 2.49. The first-order valence-electron chi connectivity index (χ1n) is 4.58. The summed E-state index contributed by atoms with van der Waals surface area (Å²) < 4.78 is 31.8. The second kappa shape index (κ2) is 4.44. The molecule has 0 aliphatic rings. The van der Waals surface area contributed by atoms with E-state index >= 15 is 0 Å². The van der Waals surface area contributed by atoms with Crippen molar-refractivity contribution in [2.75, 3.05) is 4.72 Å². The van der Waals surface area contributed by atoms with Crippen LogP contribution < -0.4 is 4.72 Å². The Balaban J connectivity index is 2.57. The van der Waals surface area contributed by atoms with Crippen LogP contribution in [-0.4, -0.2) is 28.2 Å². The average Bonchev–Trinajstić information content (AvgIpc) is 2.74. The van der Waals surface area contributed by atoms with E-state index in [1.807, 2.05) is 0 Å². The molecule has 96 valence electrons. The van der Waals surface area contributed by atoms with Crippen molar-refractivity contribution in [3.63, 3.8) is 0 Å². The minimum atomic E-state index is -4.51. The lowest BCUT2D eigenvalue weighted by molar-refractivity contribution is 0.454. The van der Waals surface area contributed by atoms with Gasteiger partial charge in [-0.2, -0.15) is 8.42 Å². The predicted molar refractivity (Wildman–Crippen MR) is 66.1 cm³/mol. The van der Waals surface area contributed by atoms with Gasteiger partial charge in [-0.15, -0.1) is 11.3 Å². The molecule has 9 heteroatoms. The van der Waals surface area contributed by atoms with E-state index in [1.54, 1.807) is 10.1 Å². The van der Waals surface area contributed by atoms with Crippen LogP contribution in [0.1, 0.15) is 0 Å². The Morgan fingerprint density at radius 1 is 1.28 bits per heavy atom. The summed E-state index contributed by atoms with van der Waals surface area (Å²) in [5.74, 6) is -0.758. The van der Waals surface area contributed by atoms with Crippen molar-refractivity contribution in [1.82, 2.24) is 4.98 Å². The molecule has 0 spiro atoms. The van der Waals surface area contributed by atoms with Gasteiger partial charge in [-0.3, -0.25) is 9.27 Å². The number of anilines is 1. The molecule has 0 bridgehead atoms. The Hall–Kier alpha value is -1.84. The van der Waals surface area contributed by atoms with Crippen LogP contribution >= 0.6 is 11.3 Å². The van der Waals surface area contributed by atoms with Crippen molar-refractivity contribution < 1.29 is 23.2 Å². The summed E-state index contributed by atoms with van der Waals surface area (Å²) in [7, 11) is -4.51. The third kappa shape index (κ3) is 2.53. The number of phenolic OH excluding ortho intramolecular Hbond substituents is 2. The number of hydrogen-bond donors (Lipinski definition) is 4. The maximum absolute atomic E-state index is 10.7. The van der Waals surface area contributed by atoms with Gasteiger partial charge in [0.1, 0.15) is 10.8 Å². The number of phenols is 2. The van der Waals surface area contributed by atoms with Gasteiger partial charge in [0.2, 0.25) is 0 Å². The quantitative estimate of drug-likeness (QED) is 0.385. The van der Waals surface area contributed by atoms with Gasteiger partial charge in [-0.25, -0.2) is 4.98 Å². The van der Waals surface area contributed by atoms with Gasteiger partial charge >= 0.3 is 10.3 Å². The molecule has 0 unspecified atom stereocenters. The van der Waals surface area contributed by atoms with Gasteiger partial charge in [-0.05, 0) is 12.1 Å². The molecule has 0 radical (unpaired) electrons. The lowest BCUT2D eigenvalue weighted by atomic mass is 10.1. The van der Waals surface area contributed by atoms with Crippen molar-refractivity contribution in [3.05, 3.63) is 23.7 Å². The van der Waals surface area contributed by atoms with Gasteiger partial charge in [0.25, 0.3) is 0 Å². The van der Waals surface area contributed by atoms with E-state index in [1.165, 1.54) is 12.3 Å². The van der Waals surface area contributed by atoms with Crippen LogP contribution in [0.2, 0.25) is 0 Å². The maximum atomic E-state index is 10.7. The average molecular weight is 288 g/mol. The topological polar surface area (TPSA) is 120 Å². The Bertz CT molecular complexity index is 667. The molecule has 1 aromatic heterocycles. The van der Waals surface area contributed by atoms with Crippen LogP contribution in [0.5, 0.6) is 11.5 Å². The van der Waals surface area contributed by atoms with Gasteiger partial charge in [0, 0.05) is 11.6 Å². The lowest BCUT2D eigenvalue weighted by Gasteiger charge is -2.10. The Kier molecular flexibility index (Phi) is 3.11. The van der Waals surface area contributed by atoms with E-state index in [9.17, 15) is 18.6 Å². The molecule has 0 saturated carbocycles. The zero-order valence-corrected chi connectivity index (χ0v) is 10.4. The van der Waals surface area contributed by atoms with Crippen LogP contribution in [0.15, 0.2) is 23.7 Å². The minimum absolute atomic E-state index is 0.00125. The summed E-state index contributed by atoms with van der Waals surface area (Å²) >= 11 is 1.16. The molecular weight excluding hydrogens is 280 g/mol. The number of benzene rings is 1. The highest BCUT2D eigenvalue weighted by atomic mass is 32.2. The van der Waals surface area contributed by atoms with E-state index in [0.29, 0.717) is 5.01 Å². The van der Waals surface area contributed by atoms with Gasteiger partial charge in [0.15, 0.2) is 5.75 Å². The summed E-state index contributed by atoms with van der Waals surface area (Å²) in [5, 5.41) is 21.5. The zero-order chi connectivity index (χ0) is 13.3. The number of aromatic hydroxyl groups is 2. The van der Waals surface area contributed by atoms with Gasteiger partial charge in [0.05, 0.1) is 11.3 Å². The van der Waals surface area contributed by atoms with Crippen LogP contribution in [0.4, 0.5) is 5.69 Å². The highest BCUT2D eigenvalue weighted by molar-refractivity contribution is 7.87. The molecule has 2 aromatic rings. The number of aromatic nitrogens is 1. The first kappa shape index (κ1) is 12.6. The minimum Gasteiger partial charge on any atom is -0.507 e. The van der Waals surface area contributed by atoms with Crippen molar-refractivity contribution in [2.45, 2.75) is 0 Å². The van der Waals surface area contributed by atoms with Crippen molar-refractivity contribution in [2.24, 2.45) is 0 Å². The molecule has 0 fully saturated rings. The second-order valence-electron chi connectivity index (χ2n) is 3.27. The van der Waals surface area contributed by atoms with Crippen molar-refractivity contribution in [3.8, 4) is 22.1 Å². The second-order valence-corrected chi connectivity index (χ2v) is 5.32. The fraction of sp³-hybridized carbons (Fsp3) is 0. The lowest BCUT2D eigenvalue weighted by Crippen LogP contribution is -2.10.